The summed E-state index contributed by atoms with van der Waals surface area (Å²) in [5.74, 6) is -1.49. The highest BCUT2D eigenvalue weighted by molar-refractivity contribution is 5.92. The molecule has 1 aliphatic carbocycles. The number of hydrogen-bond donors (Lipinski definition) is 3. The minimum Gasteiger partial charge on any atom is -0.481 e. The molecule has 0 saturated heterocycles. The monoisotopic (exact) mass is 477 g/mol. The van der Waals surface area contributed by atoms with Gasteiger partial charge in [0.2, 0.25) is 0 Å². The van der Waals surface area contributed by atoms with Crippen molar-refractivity contribution in [3.8, 4) is 11.1 Å². The van der Waals surface area contributed by atoms with E-state index in [4.69, 9.17) is 9.84 Å². The number of nitrogens with one attached hydrogen (secondary N) is 2. The van der Waals surface area contributed by atoms with Crippen LogP contribution in [0.2, 0.25) is 0 Å². The van der Waals surface area contributed by atoms with E-state index in [-0.39, 0.29) is 37.7 Å². The van der Waals surface area contributed by atoms with Crippen LogP contribution >= 0.6 is 0 Å². The fraction of sp³-hybridized carbons (Fsp3) is 0.320. The summed E-state index contributed by atoms with van der Waals surface area (Å²) >= 11 is 0. The normalized spacial score (nSPS) is 12.9. The number of benzene rings is 2. The average molecular weight is 478 g/mol. The van der Waals surface area contributed by atoms with Gasteiger partial charge in [0.05, 0.1) is 19.2 Å². The van der Waals surface area contributed by atoms with Gasteiger partial charge in [0.25, 0.3) is 5.91 Å². The van der Waals surface area contributed by atoms with Crippen LogP contribution in [0.25, 0.3) is 11.1 Å². The molecule has 1 heterocycles. The zero-order chi connectivity index (χ0) is 24.8. The lowest BCUT2D eigenvalue weighted by molar-refractivity contribution is -0.137. The number of nitrogens with zero attached hydrogens (tertiary/aromatic N) is 3. The smallest absolute Gasteiger partial charge is 0.407 e. The van der Waals surface area contributed by atoms with Crippen LogP contribution in [-0.2, 0) is 16.1 Å². The number of carbonyl (C=O) groups excluding carboxylic acids is 2. The summed E-state index contributed by atoms with van der Waals surface area (Å²) in [6.45, 7) is 2.54. The average Bonchev–Trinajstić information content (AvgIpc) is 3.45. The molecule has 0 fully saturated rings. The Labute approximate surface area is 202 Å². The maximum absolute atomic E-state index is 12.3. The molecule has 1 aliphatic rings. The summed E-state index contributed by atoms with van der Waals surface area (Å²) in [5, 5.41) is 21.9. The predicted molar refractivity (Wildman–Crippen MR) is 127 cm³/mol. The van der Waals surface area contributed by atoms with E-state index in [1.165, 1.54) is 10.9 Å². The molecule has 182 valence electrons. The first-order valence-corrected chi connectivity index (χ1v) is 11.5. The fourth-order valence-corrected chi connectivity index (χ4v) is 4.20. The molecule has 0 unspecified atom stereocenters. The third kappa shape index (κ3) is 5.65. The molecule has 3 aromatic rings. The predicted octanol–water partition coefficient (Wildman–Crippen LogP) is 2.80. The first-order valence-electron chi connectivity index (χ1n) is 11.5. The van der Waals surface area contributed by atoms with Crippen LogP contribution < -0.4 is 10.6 Å². The van der Waals surface area contributed by atoms with Crippen molar-refractivity contribution in [1.29, 1.82) is 0 Å². The first-order chi connectivity index (χ1) is 17.0. The number of hydrogen-bond acceptors (Lipinski definition) is 6. The molecular weight excluding hydrogens is 450 g/mol. The van der Waals surface area contributed by atoms with Crippen molar-refractivity contribution >= 4 is 18.0 Å². The largest absolute Gasteiger partial charge is 0.481 e. The molecule has 2 aromatic carbocycles. The molecule has 10 heteroatoms. The van der Waals surface area contributed by atoms with E-state index in [2.05, 4.69) is 45.2 Å². The van der Waals surface area contributed by atoms with Crippen LogP contribution in [0.1, 0.15) is 47.3 Å². The second-order valence-corrected chi connectivity index (χ2v) is 8.30. The lowest BCUT2D eigenvalue weighted by Gasteiger charge is -2.14. The van der Waals surface area contributed by atoms with Gasteiger partial charge in [0.1, 0.15) is 6.61 Å². The van der Waals surface area contributed by atoms with Crippen molar-refractivity contribution in [2.75, 3.05) is 13.2 Å². The lowest BCUT2D eigenvalue weighted by atomic mass is 9.98. The molecule has 1 aromatic heterocycles. The Balaban J connectivity index is 1.25. The summed E-state index contributed by atoms with van der Waals surface area (Å²) in [6, 6.07) is 15.8. The zero-order valence-corrected chi connectivity index (χ0v) is 19.3. The van der Waals surface area contributed by atoms with Gasteiger partial charge in [-0.3, -0.25) is 9.59 Å². The standard InChI is InChI=1S/C25H27N5O5/c1-2-16(13-23(31)32)27-24(33)22-14-30(29-28-22)12-11-26-25(34)35-15-21-19-9-5-3-7-17(19)18-8-4-6-10-20(18)21/h3-10,14,16,21H,2,11-13,15H2,1H3,(H,26,34)(H,27,33)(H,31,32)/t16-/m1/s1. The number of aliphatic carboxylic acids is 1. The van der Waals surface area contributed by atoms with Crippen LogP contribution in [0.15, 0.2) is 54.7 Å². The van der Waals surface area contributed by atoms with Gasteiger partial charge in [0.15, 0.2) is 5.69 Å². The van der Waals surface area contributed by atoms with Crippen LogP contribution in [0.3, 0.4) is 0 Å². The SMILES string of the molecule is CC[C@H](CC(=O)O)NC(=O)c1cn(CCNC(=O)OCC2c3ccccc3-c3ccccc32)nn1. The Kier molecular flexibility index (Phi) is 7.39. The molecule has 2 amide bonds. The summed E-state index contributed by atoms with van der Waals surface area (Å²) < 4.78 is 6.93. The molecule has 0 radical (unpaired) electrons. The number of ether oxygens (including phenoxy) is 1. The number of carboxylic acid groups (broad SMARTS) is 1. The van der Waals surface area contributed by atoms with Crippen molar-refractivity contribution in [2.45, 2.75) is 38.3 Å². The first kappa shape index (κ1) is 23.9. The zero-order valence-electron chi connectivity index (χ0n) is 19.3. The van der Waals surface area contributed by atoms with Crippen molar-refractivity contribution < 1.29 is 24.2 Å². The van der Waals surface area contributed by atoms with E-state index < -0.39 is 24.0 Å². The van der Waals surface area contributed by atoms with Crippen molar-refractivity contribution in [3.05, 3.63) is 71.5 Å². The maximum atomic E-state index is 12.3. The van der Waals surface area contributed by atoms with Gasteiger partial charge in [-0.1, -0.05) is 60.7 Å². The molecule has 35 heavy (non-hydrogen) atoms. The van der Waals surface area contributed by atoms with Crippen LogP contribution in [-0.4, -0.2) is 57.3 Å². The molecule has 0 bridgehead atoms. The second-order valence-electron chi connectivity index (χ2n) is 8.30. The van der Waals surface area contributed by atoms with Crippen LogP contribution in [0, 0.1) is 0 Å². The van der Waals surface area contributed by atoms with Crippen LogP contribution in [0.4, 0.5) is 4.79 Å². The van der Waals surface area contributed by atoms with E-state index >= 15 is 0 Å². The van der Waals surface area contributed by atoms with Gasteiger partial charge in [-0.15, -0.1) is 5.10 Å². The van der Waals surface area contributed by atoms with Gasteiger partial charge in [0, 0.05) is 18.5 Å². The van der Waals surface area contributed by atoms with Crippen molar-refractivity contribution in [2.24, 2.45) is 0 Å². The Bertz CT molecular complexity index is 1180. The van der Waals surface area contributed by atoms with Gasteiger partial charge in [-0.2, -0.15) is 0 Å². The van der Waals surface area contributed by atoms with Gasteiger partial charge in [-0.05, 0) is 28.7 Å². The number of alkyl carbamates (subject to hydrolysis) is 1. The summed E-state index contributed by atoms with van der Waals surface area (Å²) in [6.07, 6.45) is 1.23. The van der Waals surface area contributed by atoms with E-state index in [0.717, 1.165) is 22.3 Å². The number of aromatic nitrogens is 3. The quantitative estimate of drug-likeness (QED) is 0.409. The summed E-state index contributed by atoms with van der Waals surface area (Å²) in [5.41, 5.74) is 4.69. The molecule has 3 N–H and O–H groups in total. The Morgan fingerprint density at radius 3 is 2.37 bits per heavy atom. The minimum absolute atomic E-state index is 0.0161. The van der Waals surface area contributed by atoms with Crippen molar-refractivity contribution in [1.82, 2.24) is 25.6 Å². The Hall–Kier alpha value is -4.21. The molecule has 1 atom stereocenters. The van der Waals surface area contributed by atoms with Gasteiger partial charge >= 0.3 is 12.1 Å². The van der Waals surface area contributed by atoms with E-state index in [9.17, 15) is 14.4 Å². The molecule has 0 saturated carbocycles. The molecule has 0 spiro atoms. The highest BCUT2D eigenvalue weighted by atomic mass is 16.5. The molecule has 10 nitrogen and oxygen atoms in total. The number of rotatable bonds is 10. The summed E-state index contributed by atoms with van der Waals surface area (Å²) in [7, 11) is 0. The number of fused-ring (bicyclic) bond motifs is 3. The van der Waals surface area contributed by atoms with Crippen LogP contribution in [0.5, 0.6) is 0 Å². The number of carbonyl (C=O) groups is 3. The number of carboxylic acids is 1. The molecular formula is C25H27N5O5. The third-order valence-corrected chi connectivity index (χ3v) is 5.97. The van der Waals surface area contributed by atoms with E-state index in [1.54, 1.807) is 6.92 Å². The van der Waals surface area contributed by atoms with Crippen molar-refractivity contribution in [3.63, 3.8) is 0 Å². The fourth-order valence-electron chi connectivity index (χ4n) is 4.20. The van der Waals surface area contributed by atoms with Gasteiger partial charge in [-0.25, -0.2) is 9.48 Å². The molecule has 4 rings (SSSR count). The number of amides is 2. The highest BCUT2D eigenvalue weighted by Gasteiger charge is 2.29. The Morgan fingerprint density at radius 2 is 1.74 bits per heavy atom. The highest BCUT2D eigenvalue weighted by Crippen LogP contribution is 2.44. The summed E-state index contributed by atoms with van der Waals surface area (Å²) in [4.78, 5) is 35.4. The maximum Gasteiger partial charge on any atom is 0.407 e. The topological polar surface area (TPSA) is 135 Å². The minimum atomic E-state index is -0.986. The Morgan fingerprint density at radius 1 is 1.09 bits per heavy atom. The van der Waals surface area contributed by atoms with E-state index in [1.807, 2.05) is 24.3 Å². The molecule has 0 aliphatic heterocycles. The van der Waals surface area contributed by atoms with Gasteiger partial charge < -0.3 is 20.5 Å². The third-order valence-electron chi connectivity index (χ3n) is 5.97. The lowest BCUT2D eigenvalue weighted by Crippen LogP contribution is -2.36. The van der Waals surface area contributed by atoms with E-state index in [0.29, 0.717) is 6.42 Å². The second kappa shape index (κ2) is 10.8.